The van der Waals surface area contributed by atoms with Gasteiger partial charge in [0, 0.05) is 11.3 Å². The highest BCUT2D eigenvalue weighted by Crippen LogP contribution is 2.11. The summed E-state index contributed by atoms with van der Waals surface area (Å²) in [5.74, 6) is -2.18. The van der Waals surface area contributed by atoms with E-state index in [1.807, 2.05) is 0 Å². The summed E-state index contributed by atoms with van der Waals surface area (Å²) in [7, 11) is 1.34. The summed E-state index contributed by atoms with van der Waals surface area (Å²) in [5, 5.41) is 20.5. The smallest absolute Gasteiger partial charge is 0.252 e. The molecule has 0 aliphatic rings. The van der Waals surface area contributed by atoms with E-state index in [0.29, 0.717) is 25.1 Å². The molecule has 1 rings (SSSR count). The number of aliphatic hydroxyl groups excluding tert-OH is 1. The Morgan fingerprint density at radius 2 is 1.63 bits per heavy atom. The summed E-state index contributed by atoms with van der Waals surface area (Å²) in [5.41, 5.74) is 5.97. The van der Waals surface area contributed by atoms with E-state index in [-0.39, 0.29) is 28.9 Å². The van der Waals surface area contributed by atoms with Gasteiger partial charge in [-0.3, -0.25) is 19.2 Å². The van der Waals surface area contributed by atoms with Gasteiger partial charge >= 0.3 is 0 Å². The van der Waals surface area contributed by atoms with E-state index in [0.717, 1.165) is 0 Å². The van der Waals surface area contributed by atoms with Crippen LogP contribution in [-0.2, 0) is 19.2 Å². The zero-order valence-electron chi connectivity index (χ0n) is 20.1. The van der Waals surface area contributed by atoms with Crippen molar-refractivity contribution in [2.45, 2.75) is 57.3 Å². The molecule has 1 aromatic rings. The molecule has 4 amide bonds. The molecule has 192 valence electrons. The number of carbonyl (C=O) groups is 5. The van der Waals surface area contributed by atoms with Crippen LogP contribution in [0.1, 0.15) is 43.5 Å². The number of halogens is 1. The number of hydrogen-bond acceptors (Lipinski definition) is 7. The van der Waals surface area contributed by atoms with Gasteiger partial charge in [-0.05, 0) is 63.9 Å². The summed E-state index contributed by atoms with van der Waals surface area (Å²) in [6, 6.07) is 2.93. The molecule has 7 N–H and O–H groups in total. The number of benzene rings is 1. The molecular formula is C22H33BBrN5O6. The van der Waals surface area contributed by atoms with Crippen molar-refractivity contribution in [1.82, 2.24) is 16.0 Å². The molecule has 4 atom stereocenters. The van der Waals surface area contributed by atoms with E-state index in [2.05, 4.69) is 37.2 Å². The van der Waals surface area contributed by atoms with Crippen molar-refractivity contribution in [2.75, 3.05) is 17.2 Å². The molecular weight excluding hydrogens is 521 g/mol. The Morgan fingerprint density at radius 1 is 1.00 bits per heavy atom. The van der Waals surface area contributed by atoms with E-state index in [9.17, 15) is 29.1 Å². The second-order valence-electron chi connectivity index (χ2n) is 8.14. The van der Waals surface area contributed by atoms with E-state index in [4.69, 9.17) is 5.73 Å². The first-order chi connectivity index (χ1) is 16.5. The number of carbonyl (C=O) groups excluding carboxylic acids is 5. The van der Waals surface area contributed by atoms with E-state index >= 15 is 0 Å². The first kappa shape index (κ1) is 30.3. The van der Waals surface area contributed by atoms with Crippen molar-refractivity contribution in [3.63, 3.8) is 0 Å². The molecule has 0 radical (unpaired) electrons. The first-order valence-electron chi connectivity index (χ1n) is 11.3. The molecule has 0 aliphatic heterocycles. The van der Waals surface area contributed by atoms with Gasteiger partial charge in [0.25, 0.3) is 5.91 Å². The Kier molecular flexibility index (Phi) is 13.2. The van der Waals surface area contributed by atoms with Crippen molar-refractivity contribution in [2.24, 2.45) is 5.73 Å². The number of alkyl halides is 1. The van der Waals surface area contributed by atoms with Crippen LogP contribution in [-0.4, -0.2) is 78.4 Å². The lowest BCUT2D eigenvalue weighted by Crippen LogP contribution is -2.58. The van der Waals surface area contributed by atoms with Crippen molar-refractivity contribution >= 4 is 58.8 Å². The second kappa shape index (κ2) is 15.3. The topological polar surface area (TPSA) is 180 Å². The molecule has 1 aromatic carbocycles. The highest BCUT2D eigenvalue weighted by atomic mass is 79.9. The fourth-order valence-corrected chi connectivity index (χ4v) is 3.11. The fraction of sp³-hybridized carbons (Fsp3) is 0.500. The van der Waals surface area contributed by atoms with Crippen molar-refractivity contribution in [1.29, 1.82) is 0 Å². The molecule has 0 saturated carbocycles. The quantitative estimate of drug-likeness (QED) is 0.0948. The summed E-state index contributed by atoms with van der Waals surface area (Å²) < 4.78 is 0. The Hall–Kier alpha value is -2.77. The summed E-state index contributed by atoms with van der Waals surface area (Å²) >= 11 is 3.04. The van der Waals surface area contributed by atoms with Gasteiger partial charge in [0.2, 0.25) is 17.7 Å². The average Bonchev–Trinajstić information content (AvgIpc) is 2.81. The zero-order chi connectivity index (χ0) is 26.5. The SMILES string of the molecule is BC(=O)[C@@H](C)NC(=O)[C@H](CCCCN)NC(=O)[C@@H](NC(=O)c1ccc(NC(=O)CBr)cc1)[C@@H](C)O. The Morgan fingerprint density at radius 3 is 2.14 bits per heavy atom. The largest absolute Gasteiger partial charge is 0.391 e. The molecule has 0 saturated heterocycles. The van der Waals surface area contributed by atoms with Crippen LogP contribution in [0.5, 0.6) is 0 Å². The summed E-state index contributed by atoms with van der Waals surface area (Å²) in [6.07, 6.45) is 0.180. The Balaban J connectivity index is 2.92. The highest BCUT2D eigenvalue weighted by molar-refractivity contribution is 9.09. The van der Waals surface area contributed by atoms with Gasteiger partial charge in [-0.1, -0.05) is 15.9 Å². The van der Waals surface area contributed by atoms with Gasteiger partial charge in [0.15, 0.2) is 7.85 Å². The number of rotatable bonds is 14. The average molecular weight is 554 g/mol. The lowest BCUT2D eigenvalue weighted by Gasteiger charge is -2.25. The predicted molar refractivity (Wildman–Crippen MR) is 138 cm³/mol. The minimum absolute atomic E-state index is 0.124. The predicted octanol–water partition coefficient (Wildman–Crippen LogP) is -1.22. The molecule has 13 heteroatoms. The fourth-order valence-electron chi connectivity index (χ4n) is 2.97. The maximum Gasteiger partial charge on any atom is 0.252 e. The number of anilines is 1. The number of hydrogen-bond donors (Lipinski definition) is 6. The van der Waals surface area contributed by atoms with Crippen LogP contribution in [0.4, 0.5) is 5.69 Å². The summed E-state index contributed by atoms with van der Waals surface area (Å²) in [6.45, 7) is 3.29. The van der Waals surface area contributed by atoms with Gasteiger partial charge in [-0.15, -0.1) is 0 Å². The molecule has 35 heavy (non-hydrogen) atoms. The number of amides is 4. The minimum atomic E-state index is -1.34. The minimum Gasteiger partial charge on any atom is -0.391 e. The van der Waals surface area contributed by atoms with Crippen molar-refractivity contribution < 1.29 is 29.1 Å². The van der Waals surface area contributed by atoms with Crippen LogP contribution < -0.4 is 27.0 Å². The number of unbranched alkanes of at least 4 members (excludes halogenated alkanes) is 1. The van der Waals surface area contributed by atoms with Crippen LogP contribution in [0.2, 0.25) is 0 Å². The number of nitrogens with one attached hydrogen (secondary N) is 4. The monoisotopic (exact) mass is 553 g/mol. The molecule has 0 unspecified atom stereocenters. The first-order valence-corrected chi connectivity index (χ1v) is 12.4. The van der Waals surface area contributed by atoms with E-state index < -0.39 is 42.0 Å². The maximum atomic E-state index is 12.9. The molecule has 11 nitrogen and oxygen atoms in total. The third kappa shape index (κ3) is 10.6. The van der Waals surface area contributed by atoms with Gasteiger partial charge in [0.1, 0.15) is 17.8 Å². The molecule has 0 spiro atoms. The van der Waals surface area contributed by atoms with E-state index in [1.54, 1.807) is 0 Å². The van der Waals surface area contributed by atoms with Crippen LogP contribution in [0, 0.1) is 0 Å². The zero-order valence-corrected chi connectivity index (χ0v) is 21.7. The second-order valence-corrected chi connectivity index (χ2v) is 8.70. The van der Waals surface area contributed by atoms with Crippen LogP contribution in [0.15, 0.2) is 24.3 Å². The molecule has 0 bridgehead atoms. The van der Waals surface area contributed by atoms with E-state index in [1.165, 1.54) is 46.0 Å². The van der Waals surface area contributed by atoms with Crippen molar-refractivity contribution in [3.05, 3.63) is 29.8 Å². The lowest BCUT2D eigenvalue weighted by atomic mass is 9.96. The van der Waals surface area contributed by atoms with Gasteiger partial charge in [0.05, 0.1) is 17.5 Å². The molecule has 0 aliphatic carbocycles. The Labute approximate surface area is 213 Å². The number of aliphatic hydroxyl groups is 1. The van der Waals surface area contributed by atoms with Gasteiger partial charge in [-0.25, -0.2) is 0 Å². The molecule has 0 heterocycles. The Bertz CT molecular complexity index is 899. The molecule has 0 fully saturated rings. The van der Waals surface area contributed by atoms with Gasteiger partial charge in [-0.2, -0.15) is 0 Å². The third-order valence-corrected chi connectivity index (χ3v) is 5.66. The van der Waals surface area contributed by atoms with Gasteiger partial charge < -0.3 is 36.9 Å². The van der Waals surface area contributed by atoms with Crippen LogP contribution >= 0.6 is 15.9 Å². The highest BCUT2D eigenvalue weighted by Gasteiger charge is 2.30. The standard InChI is InChI=1S/C22H33BBrN5O6/c1-12(19(23)32)26-21(34)16(5-3-4-10-25)28-22(35)18(13(2)30)29-20(33)14-6-8-15(9-7-14)27-17(31)11-24/h6-9,12-13,16,18,30H,3-5,10-11,23,25H2,1-2H3,(H,26,34)(H,27,31)(H,28,35)(H,29,33)/t12-,13-,16+,18+/m1/s1. The van der Waals surface area contributed by atoms with Crippen LogP contribution in [0.3, 0.4) is 0 Å². The maximum absolute atomic E-state index is 12.9. The third-order valence-electron chi connectivity index (χ3n) is 5.15. The summed E-state index contributed by atoms with van der Waals surface area (Å²) in [4.78, 5) is 61.2. The normalized spacial score (nSPS) is 14.1. The lowest BCUT2D eigenvalue weighted by molar-refractivity contribution is -0.132. The molecule has 0 aromatic heterocycles. The van der Waals surface area contributed by atoms with Crippen molar-refractivity contribution in [3.8, 4) is 0 Å². The van der Waals surface area contributed by atoms with Crippen LogP contribution in [0.25, 0.3) is 0 Å². The number of nitrogens with two attached hydrogens (primary N) is 1.